The molecule has 202 valence electrons. The van der Waals surface area contributed by atoms with Gasteiger partial charge >= 0.3 is 5.97 Å². The first-order valence-electron chi connectivity index (χ1n) is 13.8. The number of para-hydroxylation sites is 1. The molecular formula is C32H37N5O2. The van der Waals surface area contributed by atoms with Gasteiger partial charge in [-0.25, -0.2) is 14.8 Å². The van der Waals surface area contributed by atoms with Gasteiger partial charge in [0, 0.05) is 44.0 Å². The van der Waals surface area contributed by atoms with Gasteiger partial charge in [0.25, 0.3) is 0 Å². The summed E-state index contributed by atoms with van der Waals surface area (Å²) in [7, 11) is 0. The standard InChI is InChI=1S/C32H37N5O2/c1-23(2)30(32(38)39)35-31-26-15-9-10-16-28(26)33-29(34-31)22-37-19-17-36(18-20-37)21-27(24-11-5-3-6-12-24)25-13-7-4-8-14-25/h3-16,23,27,30H,17-22H2,1-2H3,(H,38,39)(H,33,34,35)/t30-/m0/s1. The SMILES string of the molecule is CC(C)[C@H](Nc1nc(CN2CCN(CC(c3ccccc3)c3ccccc3)CC2)nc2ccccc12)C(=O)O. The molecule has 1 aliphatic heterocycles. The summed E-state index contributed by atoms with van der Waals surface area (Å²) in [5.41, 5.74) is 3.51. The number of aliphatic carboxylic acids is 1. The summed E-state index contributed by atoms with van der Waals surface area (Å²) in [6.45, 7) is 9.22. The first-order valence-corrected chi connectivity index (χ1v) is 13.8. The third kappa shape index (κ3) is 6.61. The van der Waals surface area contributed by atoms with Crippen LogP contribution >= 0.6 is 0 Å². The predicted molar refractivity (Wildman–Crippen MR) is 156 cm³/mol. The van der Waals surface area contributed by atoms with Gasteiger partial charge < -0.3 is 10.4 Å². The summed E-state index contributed by atoms with van der Waals surface area (Å²) in [4.78, 5) is 26.4. The van der Waals surface area contributed by atoms with E-state index < -0.39 is 12.0 Å². The van der Waals surface area contributed by atoms with Gasteiger partial charge in [-0.1, -0.05) is 86.6 Å². The van der Waals surface area contributed by atoms with Gasteiger partial charge in [-0.05, 0) is 29.2 Å². The number of nitrogens with one attached hydrogen (secondary N) is 1. The zero-order valence-electron chi connectivity index (χ0n) is 22.7. The van der Waals surface area contributed by atoms with Crippen molar-refractivity contribution in [3.63, 3.8) is 0 Å². The second kappa shape index (κ2) is 12.4. The highest BCUT2D eigenvalue weighted by molar-refractivity contribution is 5.91. The quantitative estimate of drug-likeness (QED) is 0.299. The van der Waals surface area contributed by atoms with Gasteiger partial charge in [0.05, 0.1) is 12.1 Å². The number of piperazine rings is 1. The van der Waals surface area contributed by atoms with Gasteiger partial charge in [0.1, 0.15) is 17.7 Å². The topological polar surface area (TPSA) is 81.6 Å². The highest BCUT2D eigenvalue weighted by Crippen LogP contribution is 2.27. The third-order valence-corrected chi connectivity index (χ3v) is 7.55. The summed E-state index contributed by atoms with van der Waals surface area (Å²) in [5, 5.41) is 13.7. The van der Waals surface area contributed by atoms with Gasteiger partial charge in [0.2, 0.25) is 0 Å². The van der Waals surface area contributed by atoms with Crippen LogP contribution in [0.4, 0.5) is 5.82 Å². The van der Waals surface area contributed by atoms with Gasteiger partial charge in [0.15, 0.2) is 0 Å². The van der Waals surface area contributed by atoms with Crippen LogP contribution in [0.1, 0.15) is 36.7 Å². The molecule has 1 fully saturated rings. The summed E-state index contributed by atoms with van der Waals surface area (Å²) < 4.78 is 0. The third-order valence-electron chi connectivity index (χ3n) is 7.55. The van der Waals surface area contributed by atoms with E-state index in [9.17, 15) is 9.90 Å². The maximum atomic E-state index is 11.9. The highest BCUT2D eigenvalue weighted by atomic mass is 16.4. The van der Waals surface area contributed by atoms with Gasteiger partial charge in [-0.2, -0.15) is 0 Å². The minimum atomic E-state index is -0.880. The van der Waals surface area contributed by atoms with Crippen molar-refractivity contribution < 1.29 is 9.90 Å². The largest absolute Gasteiger partial charge is 0.480 e. The van der Waals surface area contributed by atoms with Crippen molar-refractivity contribution in [2.45, 2.75) is 32.4 Å². The van der Waals surface area contributed by atoms with Crippen LogP contribution in [0.3, 0.4) is 0 Å². The average molecular weight is 524 g/mol. The monoisotopic (exact) mass is 523 g/mol. The Kier molecular flexibility index (Phi) is 8.49. The molecule has 2 N–H and O–H groups in total. The van der Waals surface area contributed by atoms with E-state index in [2.05, 4.69) is 75.8 Å². The first kappa shape index (κ1) is 26.8. The van der Waals surface area contributed by atoms with E-state index >= 15 is 0 Å². The molecule has 4 aromatic rings. The molecule has 3 aromatic carbocycles. The molecule has 1 aliphatic rings. The number of rotatable bonds is 10. The van der Waals surface area contributed by atoms with E-state index in [1.807, 2.05) is 38.1 Å². The molecule has 1 atom stereocenters. The molecule has 7 heteroatoms. The normalized spacial score (nSPS) is 15.6. The average Bonchev–Trinajstić information content (AvgIpc) is 2.96. The van der Waals surface area contributed by atoms with E-state index in [0.717, 1.165) is 43.6 Å². The number of hydrogen-bond acceptors (Lipinski definition) is 6. The molecule has 0 bridgehead atoms. The molecule has 5 rings (SSSR count). The summed E-state index contributed by atoms with van der Waals surface area (Å²) >= 11 is 0. The fraction of sp³-hybridized carbons (Fsp3) is 0.344. The Labute approximate surface area is 230 Å². The number of carbonyl (C=O) groups is 1. The first-order chi connectivity index (χ1) is 19.0. The van der Waals surface area contributed by atoms with Crippen LogP contribution in [0.2, 0.25) is 0 Å². The number of carboxylic acids is 1. The Hall–Kier alpha value is -3.81. The maximum absolute atomic E-state index is 11.9. The summed E-state index contributed by atoms with van der Waals surface area (Å²) in [5.74, 6) is 0.672. The lowest BCUT2D eigenvalue weighted by atomic mass is 9.90. The van der Waals surface area contributed by atoms with Crippen LogP contribution in [0.25, 0.3) is 10.9 Å². The van der Waals surface area contributed by atoms with Crippen molar-refractivity contribution in [3.05, 3.63) is 102 Å². The lowest BCUT2D eigenvalue weighted by Crippen LogP contribution is -2.47. The molecule has 1 saturated heterocycles. The second-order valence-electron chi connectivity index (χ2n) is 10.7. The second-order valence-corrected chi connectivity index (χ2v) is 10.7. The van der Waals surface area contributed by atoms with Crippen LogP contribution in [-0.4, -0.2) is 69.6 Å². The van der Waals surface area contributed by atoms with E-state index in [0.29, 0.717) is 24.1 Å². The van der Waals surface area contributed by atoms with Gasteiger partial charge in [-0.3, -0.25) is 9.80 Å². The fourth-order valence-corrected chi connectivity index (χ4v) is 5.33. The zero-order valence-corrected chi connectivity index (χ0v) is 22.7. The fourth-order valence-electron chi connectivity index (χ4n) is 5.33. The van der Waals surface area contributed by atoms with Crippen molar-refractivity contribution in [2.24, 2.45) is 5.92 Å². The molecule has 0 radical (unpaired) electrons. The molecule has 2 heterocycles. The molecule has 0 aliphatic carbocycles. The van der Waals surface area contributed by atoms with Crippen molar-refractivity contribution in [3.8, 4) is 0 Å². The summed E-state index contributed by atoms with van der Waals surface area (Å²) in [6.07, 6.45) is 0. The molecule has 0 spiro atoms. The molecule has 39 heavy (non-hydrogen) atoms. The number of nitrogens with zero attached hydrogens (tertiary/aromatic N) is 4. The Balaban J connectivity index is 1.27. The number of aromatic nitrogens is 2. The minimum Gasteiger partial charge on any atom is -0.480 e. The Morgan fingerprint density at radius 1 is 0.821 bits per heavy atom. The minimum absolute atomic E-state index is 0.0802. The Morgan fingerprint density at radius 3 is 1.97 bits per heavy atom. The number of benzene rings is 3. The Morgan fingerprint density at radius 2 is 1.38 bits per heavy atom. The van der Waals surface area contributed by atoms with Crippen LogP contribution in [0, 0.1) is 5.92 Å². The molecule has 0 unspecified atom stereocenters. The van der Waals surface area contributed by atoms with E-state index in [1.165, 1.54) is 11.1 Å². The summed E-state index contributed by atoms with van der Waals surface area (Å²) in [6, 6.07) is 28.6. The van der Waals surface area contributed by atoms with Crippen molar-refractivity contribution >= 4 is 22.7 Å². The predicted octanol–water partition coefficient (Wildman–Crippen LogP) is 5.10. The number of carboxylic acid groups (broad SMARTS) is 1. The maximum Gasteiger partial charge on any atom is 0.326 e. The van der Waals surface area contributed by atoms with E-state index in [-0.39, 0.29) is 5.92 Å². The van der Waals surface area contributed by atoms with Crippen molar-refractivity contribution in [1.29, 1.82) is 0 Å². The van der Waals surface area contributed by atoms with E-state index in [4.69, 9.17) is 9.97 Å². The van der Waals surface area contributed by atoms with Gasteiger partial charge in [-0.15, -0.1) is 0 Å². The molecule has 1 aromatic heterocycles. The molecular weight excluding hydrogens is 486 g/mol. The molecule has 0 saturated carbocycles. The van der Waals surface area contributed by atoms with Crippen molar-refractivity contribution in [2.75, 3.05) is 38.0 Å². The van der Waals surface area contributed by atoms with E-state index in [1.54, 1.807) is 0 Å². The number of fused-ring (bicyclic) bond motifs is 1. The van der Waals surface area contributed by atoms with Crippen LogP contribution < -0.4 is 5.32 Å². The lowest BCUT2D eigenvalue weighted by Gasteiger charge is -2.36. The van der Waals surface area contributed by atoms with Crippen LogP contribution in [0.15, 0.2) is 84.9 Å². The number of anilines is 1. The number of hydrogen-bond donors (Lipinski definition) is 2. The molecule has 0 amide bonds. The molecule has 7 nitrogen and oxygen atoms in total. The smallest absolute Gasteiger partial charge is 0.326 e. The lowest BCUT2D eigenvalue weighted by molar-refractivity contribution is -0.138. The van der Waals surface area contributed by atoms with Crippen molar-refractivity contribution in [1.82, 2.24) is 19.8 Å². The zero-order chi connectivity index (χ0) is 27.2. The van der Waals surface area contributed by atoms with Crippen LogP contribution in [0.5, 0.6) is 0 Å². The Bertz CT molecular complexity index is 1330. The highest BCUT2D eigenvalue weighted by Gasteiger charge is 2.25. The van der Waals surface area contributed by atoms with Crippen LogP contribution in [-0.2, 0) is 11.3 Å².